The molecule has 6 heteroatoms. The SMILES string of the molecule is Fc1ccc(-c2ccc(-c3ccc(-c4nc(-c5ccc(F)cc5)nc(-c5ccc(F)cc5)n4)cc3)cc2)cc1. The fourth-order valence-corrected chi connectivity index (χ4v) is 4.27. The molecule has 0 aliphatic rings. The fraction of sp³-hybridized carbons (Fsp3) is 0. The molecule has 6 rings (SSSR count). The van der Waals surface area contributed by atoms with E-state index >= 15 is 0 Å². The first-order valence-corrected chi connectivity index (χ1v) is 12.3. The molecule has 6 aromatic rings. The molecule has 0 amide bonds. The highest BCUT2D eigenvalue weighted by Crippen LogP contribution is 2.29. The summed E-state index contributed by atoms with van der Waals surface area (Å²) in [5.41, 5.74) is 6.04. The Morgan fingerprint density at radius 2 is 0.436 bits per heavy atom. The van der Waals surface area contributed by atoms with Crippen molar-refractivity contribution < 1.29 is 13.2 Å². The molecule has 0 saturated heterocycles. The predicted octanol–water partition coefficient (Wildman–Crippen LogP) is 8.62. The lowest BCUT2D eigenvalue weighted by atomic mass is 9.99. The van der Waals surface area contributed by atoms with Crippen molar-refractivity contribution in [2.45, 2.75) is 0 Å². The lowest BCUT2D eigenvalue weighted by Crippen LogP contribution is -2.00. The van der Waals surface area contributed by atoms with Gasteiger partial charge in [0.25, 0.3) is 0 Å². The van der Waals surface area contributed by atoms with Crippen molar-refractivity contribution in [1.82, 2.24) is 15.0 Å². The number of rotatable bonds is 5. The van der Waals surface area contributed by atoms with Gasteiger partial charge in [0.15, 0.2) is 17.5 Å². The normalized spacial score (nSPS) is 10.9. The third-order valence-electron chi connectivity index (χ3n) is 6.38. The standard InChI is InChI=1S/C33H20F3N3/c34-28-15-9-24(10-16-28)22-3-1-21(2-4-22)23-5-7-25(8-6-23)31-37-32(26-11-17-29(35)18-12-26)39-33(38-31)27-13-19-30(36)20-14-27/h1-20H. The van der Waals surface area contributed by atoms with E-state index in [1.54, 1.807) is 36.4 Å². The number of aromatic nitrogens is 3. The van der Waals surface area contributed by atoms with Crippen LogP contribution in [0.4, 0.5) is 13.2 Å². The zero-order valence-corrected chi connectivity index (χ0v) is 20.5. The first-order valence-electron chi connectivity index (χ1n) is 12.3. The van der Waals surface area contributed by atoms with E-state index in [0.29, 0.717) is 28.6 Å². The van der Waals surface area contributed by atoms with Crippen molar-refractivity contribution in [3.05, 3.63) is 139 Å². The Morgan fingerprint density at radius 3 is 0.692 bits per heavy atom. The maximum absolute atomic E-state index is 13.5. The van der Waals surface area contributed by atoms with Crippen molar-refractivity contribution in [3.63, 3.8) is 0 Å². The Hall–Kier alpha value is -5.10. The van der Waals surface area contributed by atoms with Crippen molar-refractivity contribution in [3.8, 4) is 56.4 Å². The summed E-state index contributed by atoms with van der Waals surface area (Å²) in [7, 11) is 0. The largest absolute Gasteiger partial charge is 0.208 e. The van der Waals surface area contributed by atoms with Crippen molar-refractivity contribution in [2.75, 3.05) is 0 Å². The fourth-order valence-electron chi connectivity index (χ4n) is 4.27. The van der Waals surface area contributed by atoms with Crippen LogP contribution in [0.15, 0.2) is 121 Å². The Bertz CT molecular complexity index is 1670. The van der Waals surface area contributed by atoms with Gasteiger partial charge in [-0.3, -0.25) is 0 Å². The summed E-state index contributed by atoms with van der Waals surface area (Å²) in [5.74, 6) is 0.255. The summed E-state index contributed by atoms with van der Waals surface area (Å²) in [6, 6.07) is 34.2. The molecule has 188 valence electrons. The van der Waals surface area contributed by atoms with E-state index in [1.807, 2.05) is 48.5 Å². The monoisotopic (exact) mass is 515 g/mol. The highest BCUT2D eigenvalue weighted by molar-refractivity contribution is 5.73. The Morgan fingerprint density at radius 1 is 0.256 bits per heavy atom. The maximum atomic E-state index is 13.5. The van der Waals surface area contributed by atoms with E-state index in [2.05, 4.69) is 15.0 Å². The first-order chi connectivity index (χ1) is 19.0. The molecule has 0 atom stereocenters. The molecule has 0 radical (unpaired) electrons. The zero-order chi connectivity index (χ0) is 26.8. The molecule has 0 spiro atoms. The van der Waals surface area contributed by atoms with E-state index in [9.17, 15) is 13.2 Å². The smallest absolute Gasteiger partial charge is 0.164 e. The number of benzene rings is 5. The first kappa shape index (κ1) is 24.2. The summed E-state index contributed by atoms with van der Waals surface area (Å²) < 4.78 is 40.3. The molecule has 0 aliphatic heterocycles. The summed E-state index contributed by atoms with van der Waals surface area (Å²) in [4.78, 5) is 13.9. The van der Waals surface area contributed by atoms with Gasteiger partial charge < -0.3 is 0 Å². The van der Waals surface area contributed by atoms with Crippen molar-refractivity contribution in [2.24, 2.45) is 0 Å². The van der Waals surface area contributed by atoms with Crippen LogP contribution in [-0.4, -0.2) is 15.0 Å². The highest BCUT2D eigenvalue weighted by Gasteiger charge is 2.13. The molecule has 0 unspecified atom stereocenters. The lowest BCUT2D eigenvalue weighted by molar-refractivity contribution is 0.627. The van der Waals surface area contributed by atoms with Gasteiger partial charge >= 0.3 is 0 Å². The second kappa shape index (κ2) is 10.3. The molecule has 1 heterocycles. The van der Waals surface area contributed by atoms with Crippen LogP contribution in [-0.2, 0) is 0 Å². The molecule has 39 heavy (non-hydrogen) atoms. The minimum Gasteiger partial charge on any atom is -0.208 e. The molecule has 0 N–H and O–H groups in total. The molecule has 0 aliphatic carbocycles. The minimum absolute atomic E-state index is 0.261. The van der Waals surface area contributed by atoms with Gasteiger partial charge in [0.1, 0.15) is 17.5 Å². The summed E-state index contributed by atoms with van der Waals surface area (Å²) in [5, 5.41) is 0. The molecule has 5 aromatic carbocycles. The number of hydrogen-bond donors (Lipinski definition) is 0. The molecular formula is C33H20F3N3. The molecule has 3 nitrogen and oxygen atoms in total. The third kappa shape index (κ3) is 5.31. The van der Waals surface area contributed by atoms with Gasteiger partial charge in [0.05, 0.1) is 0 Å². The van der Waals surface area contributed by atoms with Crippen LogP contribution in [0.1, 0.15) is 0 Å². The molecule has 0 fully saturated rings. The van der Waals surface area contributed by atoms with Gasteiger partial charge in [-0.25, -0.2) is 28.1 Å². The molecule has 0 saturated carbocycles. The van der Waals surface area contributed by atoms with Crippen LogP contribution < -0.4 is 0 Å². The Labute approximate surface area is 223 Å². The zero-order valence-electron chi connectivity index (χ0n) is 20.5. The van der Waals surface area contributed by atoms with E-state index in [4.69, 9.17) is 0 Å². The van der Waals surface area contributed by atoms with E-state index in [0.717, 1.165) is 27.8 Å². The Balaban J connectivity index is 1.34. The highest BCUT2D eigenvalue weighted by atomic mass is 19.1. The van der Waals surface area contributed by atoms with Crippen LogP contribution >= 0.6 is 0 Å². The second-order valence-corrected chi connectivity index (χ2v) is 8.98. The van der Waals surface area contributed by atoms with Crippen LogP contribution in [0, 0.1) is 17.5 Å². The number of nitrogens with zero attached hydrogens (tertiary/aromatic N) is 3. The Kier molecular flexibility index (Phi) is 6.43. The average Bonchev–Trinajstić information content (AvgIpc) is 2.98. The van der Waals surface area contributed by atoms with Gasteiger partial charge in [-0.05, 0) is 82.9 Å². The van der Waals surface area contributed by atoms with Gasteiger partial charge in [0, 0.05) is 16.7 Å². The minimum atomic E-state index is -0.354. The number of halogens is 3. The van der Waals surface area contributed by atoms with Gasteiger partial charge in [-0.2, -0.15) is 0 Å². The second-order valence-electron chi connectivity index (χ2n) is 8.98. The molecular weight excluding hydrogens is 495 g/mol. The lowest BCUT2D eigenvalue weighted by Gasteiger charge is -2.09. The van der Waals surface area contributed by atoms with Crippen LogP contribution in [0.25, 0.3) is 56.4 Å². The van der Waals surface area contributed by atoms with Crippen LogP contribution in [0.3, 0.4) is 0 Å². The van der Waals surface area contributed by atoms with E-state index in [-0.39, 0.29) is 17.5 Å². The molecule has 1 aromatic heterocycles. The predicted molar refractivity (Wildman–Crippen MR) is 147 cm³/mol. The van der Waals surface area contributed by atoms with Gasteiger partial charge in [-0.1, -0.05) is 60.7 Å². The van der Waals surface area contributed by atoms with Crippen molar-refractivity contribution >= 4 is 0 Å². The average molecular weight is 516 g/mol. The van der Waals surface area contributed by atoms with E-state index in [1.165, 1.54) is 36.4 Å². The quantitative estimate of drug-likeness (QED) is 0.231. The third-order valence-corrected chi connectivity index (χ3v) is 6.38. The summed E-state index contributed by atoms with van der Waals surface area (Å²) in [6.07, 6.45) is 0. The van der Waals surface area contributed by atoms with Crippen LogP contribution in [0.5, 0.6) is 0 Å². The summed E-state index contributed by atoms with van der Waals surface area (Å²) >= 11 is 0. The summed E-state index contributed by atoms with van der Waals surface area (Å²) in [6.45, 7) is 0. The van der Waals surface area contributed by atoms with Gasteiger partial charge in [-0.15, -0.1) is 0 Å². The van der Waals surface area contributed by atoms with Crippen LogP contribution in [0.2, 0.25) is 0 Å². The van der Waals surface area contributed by atoms with Crippen molar-refractivity contribution in [1.29, 1.82) is 0 Å². The molecule has 0 bridgehead atoms. The topological polar surface area (TPSA) is 38.7 Å². The van der Waals surface area contributed by atoms with E-state index < -0.39 is 0 Å². The number of hydrogen-bond acceptors (Lipinski definition) is 3. The van der Waals surface area contributed by atoms with Gasteiger partial charge in [0.2, 0.25) is 0 Å². The maximum Gasteiger partial charge on any atom is 0.164 e.